The smallest absolute Gasteiger partial charge is 0.259 e. The second-order valence-electron chi connectivity index (χ2n) is 4.41. The van der Waals surface area contributed by atoms with Crippen LogP contribution in [0.4, 0.5) is 0 Å². The summed E-state index contributed by atoms with van der Waals surface area (Å²) in [6.07, 6.45) is 0.545. The molecular formula is C12H16N4O3. The number of hydrogen-bond donors (Lipinski definition) is 0. The van der Waals surface area contributed by atoms with E-state index in [-0.39, 0.29) is 5.91 Å². The topological polar surface area (TPSA) is 85.3 Å². The third-order valence-corrected chi connectivity index (χ3v) is 2.83. The predicted molar refractivity (Wildman–Crippen MR) is 65.7 cm³/mol. The van der Waals surface area contributed by atoms with Gasteiger partial charge in [-0.3, -0.25) is 4.79 Å². The second kappa shape index (κ2) is 5.21. The molecule has 7 nitrogen and oxygen atoms in total. The van der Waals surface area contributed by atoms with Crippen molar-refractivity contribution in [2.45, 2.75) is 27.2 Å². The summed E-state index contributed by atoms with van der Waals surface area (Å²) in [5.74, 6) is 1.53. The molecule has 0 aliphatic heterocycles. The van der Waals surface area contributed by atoms with Gasteiger partial charge in [0.1, 0.15) is 11.3 Å². The van der Waals surface area contributed by atoms with Gasteiger partial charge in [-0.05, 0) is 13.8 Å². The maximum absolute atomic E-state index is 12.2. The van der Waals surface area contributed by atoms with E-state index in [1.807, 2.05) is 0 Å². The van der Waals surface area contributed by atoms with Crippen LogP contribution in [-0.4, -0.2) is 39.7 Å². The highest BCUT2D eigenvalue weighted by Gasteiger charge is 2.21. The Bertz CT molecular complexity index is 568. The van der Waals surface area contributed by atoms with Gasteiger partial charge in [0.2, 0.25) is 5.89 Å². The van der Waals surface area contributed by atoms with Crippen LogP contribution in [0.5, 0.6) is 0 Å². The number of aryl methyl sites for hydroxylation is 3. The molecule has 0 fully saturated rings. The van der Waals surface area contributed by atoms with E-state index in [9.17, 15) is 4.79 Å². The van der Waals surface area contributed by atoms with Crippen LogP contribution in [-0.2, 0) is 6.42 Å². The zero-order valence-electron chi connectivity index (χ0n) is 11.4. The van der Waals surface area contributed by atoms with Gasteiger partial charge < -0.3 is 13.9 Å². The molecule has 0 bridgehead atoms. The van der Waals surface area contributed by atoms with E-state index >= 15 is 0 Å². The van der Waals surface area contributed by atoms with Crippen LogP contribution in [0.15, 0.2) is 9.05 Å². The molecular weight excluding hydrogens is 248 g/mol. The van der Waals surface area contributed by atoms with Crippen LogP contribution in [0.1, 0.15) is 33.5 Å². The number of carbonyl (C=O) groups is 1. The molecule has 0 spiro atoms. The fourth-order valence-corrected chi connectivity index (χ4v) is 1.79. The van der Waals surface area contributed by atoms with Crippen LogP contribution < -0.4 is 0 Å². The van der Waals surface area contributed by atoms with Crippen molar-refractivity contribution in [1.29, 1.82) is 0 Å². The molecule has 0 radical (unpaired) electrons. The van der Waals surface area contributed by atoms with Crippen molar-refractivity contribution in [3.63, 3.8) is 0 Å². The van der Waals surface area contributed by atoms with Gasteiger partial charge >= 0.3 is 0 Å². The molecule has 0 aliphatic carbocycles. The van der Waals surface area contributed by atoms with Crippen molar-refractivity contribution in [2.24, 2.45) is 0 Å². The molecule has 0 saturated heterocycles. The number of hydrogen-bond acceptors (Lipinski definition) is 6. The molecule has 0 saturated carbocycles. The highest BCUT2D eigenvalue weighted by Crippen LogP contribution is 2.14. The Morgan fingerprint density at radius 1 is 1.21 bits per heavy atom. The summed E-state index contributed by atoms with van der Waals surface area (Å²) in [7, 11) is 1.72. The van der Waals surface area contributed by atoms with Crippen molar-refractivity contribution in [3.05, 3.63) is 28.7 Å². The van der Waals surface area contributed by atoms with Gasteiger partial charge in [-0.15, -0.1) is 0 Å². The lowest BCUT2D eigenvalue weighted by Gasteiger charge is -2.15. The molecule has 19 heavy (non-hydrogen) atoms. The monoisotopic (exact) mass is 264 g/mol. The van der Waals surface area contributed by atoms with E-state index in [2.05, 4.69) is 15.3 Å². The standard InChI is InChI=1S/C12H16N4O3/c1-7-11(8(2)18-14-7)12(17)16(4)6-5-10-13-9(3)19-15-10/h5-6H2,1-4H3. The Morgan fingerprint density at radius 2 is 1.95 bits per heavy atom. The van der Waals surface area contributed by atoms with E-state index in [0.717, 1.165) is 0 Å². The van der Waals surface area contributed by atoms with E-state index in [1.165, 1.54) is 0 Å². The lowest BCUT2D eigenvalue weighted by molar-refractivity contribution is 0.0793. The van der Waals surface area contributed by atoms with E-state index in [4.69, 9.17) is 9.05 Å². The summed E-state index contributed by atoms with van der Waals surface area (Å²) in [4.78, 5) is 17.9. The van der Waals surface area contributed by atoms with Gasteiger partial charge in [0, 0.05) is 26.9 Å². The molecule has 0 aromatic carbocycles. The van der Waals surface area contributed by atoms with Gasteiger partial charge in [0.25, 0.3) is 5.91 Å². The maximum atomic E-state index is 12.2. The summed E-state index contributed by atoms with van der Waals surface area (Å²) in [6.45, 7) is 5.71. The van der Waals surface area contributed by atoms with Gasteiger partial charge in [-0.25, -0.2) is 0 Å². The lowest BCUT2D eigenvalue weighted by atomic mass is 10.2. The first-order chi connectivity index (χ1) is 8.99. The maximum Gasteiger partial charge on any atom is 0.259 e. The normalized spacial score (nSPS) is 10.7. The number of nitrogens with zero attached hydrogens (tertiary/aromatic N) is 4. The van der Waals surface area contributed by atoms with Gasteiger partial charge in [0.15, 0.2) is 5.82 Å². The molecule has 7 heteroatoms. The zero-order chi connectivity index (χ0) is 14.0. The van der Waals surface area contributed by atoms with E-state index in [0.29, 0.717) is 41.7 Å². The van der Waals surface area contributed by atoms with Gasteiger partial charge in [-0.2, -0.15) is 4.98 Å². The van der Waals surface area contributed by atoms with Crippen LogP contribution in [0.2, 0.25) is 0 Å². The average Bonchev–Trinajstić information content (AvgIpc) is 2.92. The van der Waals surface area contributed by atoms with Crippen LogP contribution in [0, 0.1) is 20.8 Å². The minimum absolute atomic E-state index is 0.114. The molecule has 0 unspecified atom stereocenters. The Hall–Kier alpha value is -2.18. The first-order valence-corrected chi connectivity index (χ1v) is 5.96. The molecule has 1 amide bonds. The highest BCUT2D eigenvalue weighted by molar-refractivity contribution is 5.95. The fourth-order valence-electron chi connectivity index (χ4n) is 1.79. The van der Waals surface area contributed by atoms with Gasteiger partial charge in [0.05, 0.1) is 5.69 Å². The molecule has 2 heterocycles. The van der Waals surface area contributed by atoms with Crippen LogP contribution in [0.25, 0.3) is 0 Å². The Balaban J connectivity index is 2.00. The molecule has 102 valence electrons. The molecule has 0 atom stereocenters. The van der Waals surface area contributed by atoms with Crippen LogP contribution >= 0.6 is 0 Å². The molecule has 0 aliphatic rings. The van der Waals surface area contributed by atoms with Crippen molar-refractivity contribution < 1.29 is 13.8 Å². The predicted octanol–water partition coefficient (Wildman–Crippen LogP) is 1.30. The Labute approximate surface area is 110 Å². The van der Waals surface area contributed by atoms with Crippen molar-refractivity contribution >= 4 is 5.91 Å². The largest absolute Gasteiger partial charge is 0.361 e. The third-order valence-electron chi connectivity index (χ3n) is 2.83. The van der Waals surface area contributed by atoms with E-state index in [1.54, 1.807) is 32.7 Å². The number of likely N-dealkylation sites (N-methyl/N-ethyl adjacent to an activating group) is 1. The molecule has 0 N–H and O–H groups in total. The quantitative estimate of drug-likeness (QED) is 0.827. The first-order valence-electron chi connectivity index (χ1n) is 5.96. The zero-order valence-corrected chi connectivity index (χ0v) is 11.4. The Kier molecular flexibility index (Phi) is 3.64. The van der Waals surface area contributed by atoms with Crippen molar-refractivity contribution in [3.8, 4) is 0 Å². The lowest BCUT2D eigenvalue weighted by Crippen LogP contribution is -2.29. The number of rotatable bonds is 4. The molecule has 2 aromatic heterocycles. The summed E-state index contributed by atoms with van der Waals surface area (Å²) in [6, 6.07) is 0. The number of carbonyl (C=O) groups excluding carboxylic acids is 1. The number of aromatic nitrogens is 3. The number of amides is 1. The van der Waals surface area contributed by atoms with E-state index < -0.39 is 0 Å². The molecule has 2 rings (SSSR count). The second-order valence-corrected chi connectivity index (χ2v) is 4.41. The van der Waals surface area contributed by atoms with Gasteiger partial charge in [-0.1, -0.05) is 10.3 Å². The minimum atomic E-state index is -0.114. The third kappa shape index (κ3) is 2.81. The van der Waals surface area contributed by atoms with Crippen molar-refractivity contribution in [2.75, 3.05) is 13.6 Å². The summed E-state index contributed by atoms with van der Waals surface area (Å²) in [5, 5.41) is 7.57. The fraction of sp³-hybridized carbons (Fsp3) is 0.500. The minimum Gasteiger partial charge on any atom is -0.361 e. The Morgan fingerprint density at radius 3 is 2.47 bits per heavy atom. The average molecular weight is 264 g/mol. The highest BCUT2D eigenvalue weighted by atomic mass is 16.5. The summed E-state index contributed by atoms with van der Waals surface area (Å²) in [5.41, 5.74) is 1.12. The SMILES string of the molecule is Cc1nc(CCN(C)C(=O)c2c(C)noc2C)no1. The summed E-state index contributed by atoms with van der Waals surface area (Å²) >= 11 is 0. The molecule has 2 aromatic rings. The first kappa shape index (κ1) is 13.3. The van der Waals surface area contributed by atoms with Crippen LogP contribution in [0.3, 0.4) is 0 Å². The summed E-state index contributed by atoms with van der Waals surface area (Å²) < 4.78 is 9.87. The van der Waals surface area contributed by atoms with Crippen molar-refractivity contribution in [1.82, 2.24) is 20.2 Å².